The first-order valence-electron chi connectivity index (χ1n) is 6.16. The summed E-state index contributed by atoms with van der Waals surface area (Å²) in [4.78, 5) is 12.1. The van der Waals surface area contributed by atoms with Gasteiger partial charge in [-0.1, -0.05) is 0 Å². The van der Waals surface area contributed by atoms with E-state index in [2.05, 4.69) is 25.9 Å². The molecule has 3 rings (SSSR count). The first-order valence-corrected chi connectivity index (χ1v) is 6.16. The van der Waals surface area contributed by atoms with Crippen LogP contribution in [0.4, 0.5) is 5.82 Å². The number of fused-ring (bicyclic) bond motifs is 1. The number of nitrogens with zero attached hydrogens (tertiary/aromatic N) is 3. The maximum Gasteiger partial charge on any atom is 0.245 e. The lowest BCUT2D eigenvalue weighted by Gasteiger charge is -2.22. The highest BCUT2D eigenvalue weighted by molar-refractivity contribution is 6.01. The number of aromatic nitrogens is 4. The van der Waals surface area contributed by atoms with Gasteiger partial charge in [0.1, 0.15) is 11.9 Å². The maximum absolute atomic E-state index is 12.1. The van der Waals surface area contributed by atoms with E-state index in [1.807, 2.05) is 14.0 Å². The second-order valence-corrected chi connectivity index (χ2v) is 4.58. The molecule has 0 saturated carbocycles. The molecule has 110 valence electrons. The SMILES string of the molecule is Cc1nn(C)c2n[nH]c(NC(=O)C3COCCN3)c12.Cl. The summed E-state index contributed by atoms with van der Waals surface area (Å²) in [6.45, 7) is 3.59. The molecular formula is C11H17ClN6O2. The molecule has 8 nitrogen and oxygen atoms in total. The molecule has 9 heteroatoms. The van der Waals surface area contributed by atoms with Gasteiger partial charge in [-0.05, 0) is 6.92 Å². The predicted molar refractivity (Wildman–Crippen MR) is 76.1 cm³/mol. The summed E-state index contributed by atoms with van der Waals surface area (Å²) < 4.78 is 6.95. The van der Waals surface area contributed by atoms with Crippen molar-refractivity contribution in [3.8, 4) is 0 Å². The highest BCUT2D eigenvalue weighted by atomic mass is 35.5. The number of hydrogen-bond acceptors (Lipinski definition) is 5. The molecule has 0 bridgehead atoms. The molecular weight excluding hydrogens is 284 g/mol. The van der Waals surface area contributed by atoms with Gasteiger partial charge < -0.3 is 15.4 Å². The number of morpholine rings is 1. The molecule has 1 amide bonds. The number of hydrogen-bond donors (Lipinski definition) is 3. The van der Waals surface area contributed by atoms with E-state index in [-0.39, 0.29) is 24.4 Å². The quantitative estimate of drug-likeness (QED) is 0.723. The number of amides is 1. The highest BCUT2D eigenvalue weighted by Gasteiger charge is 2.23. The van der Waals surface area contributed by atoms with Crippen LogP contribution in [-0.4, -0.2) is 51.7 Å². The molecule has 0 aliphatic carbocycles. The average Bonchev–Trinajstić information content (AvgIpc) is 2.94. The molecule has 1 aliphatic heterocycles. The van der Waals surface area contributed by atoms with Crippen molar-refractivity contribution in [3.63, 3.8) is 0 Å². The van der Waals surface area contributed by atoms with Gasteiger partial charge in [-0.2, -0.15) is 10.2 Å². The Morgan fingerprint density at radius 3 is 3.05 bits per heavy atom. The number of nitrogens with one attached hydrogen (secondary N) is 3. The summed E-state index contributed by atoms with van der Waals surface area (Å²) in [5.74, 6) is 0.450. The summed E-state index contributed by atoms with van der Waals surface area (Å²) >= 11 is 0. The van der Waals surface area contributed by atoms with Gasteiger partial charge in [0.25, 0.3) is 0 Å². The van der Waals surface area contributed by atoms with Gasteiger partial charge in [0.15, 0.2) is 5.65 Å². The number of halogens is 1. The largest absolute Gasteiger partial charge is 0.378 e. The third-order valence-electron chi connectivity index (χ3n) is 3.20. The van der Waals surface area contributed by atoms with Gasteiger partial charge in [0.05, 0.1) is 24.3 Å². The Balaban J connectivity index is 0.00000147. The van der Waals surface area contributed by atoms with E-state index in [9.17, 15) is 4.79 Å². The van der Waals surface area contributed by atoms with Gasteiger partial charge in [0, 0.05) is 13.6 Å². The van der Waals surface area contributed by atoms with Crippen LogP contribution in [0.25, 0.3) is 11.0 Å². The van der Waals surface area contributed by atoms with Gasteiger partial charge in [-0.3, -0.25) is 9.89 Å². The van der Waals surface area contributed by atoms with Gasteiger partial charge >= 0.3 is 0 Å². The number of aryl methyl sites for hydroxylation is 2. The van der Waals surface area contributed by atoms with Crippen molar-refractivity contribution in [2.45, 2.75) is 13.0 Å². The lowest BCUT2D eigenvalue weighted by atomic mass is 10.2. The molecule has 1 saturated heterocycles. The Kier molecular flexibility index (Phi) is 4.26. The second kappa shape index (κ2) is 5.78. The van der Waals surface area contributed by atoms with Crippen molar-refractivity contribution in [1.82, 2.24) is 25.3 Å². The van der Waals surface area contributed by atoms with Crippen molar-refractivity contribution >= 4 is 35.2 Å². The first-order chi connectivity index (χ1) is 9.16. The maximum atomic E-state index is 12.1. The lowest BCUT2D eigenvalue weighted by Crippen LogP contribution is -2.48. The molecule has 3 N–H and O–H groups in total. The van der Waals surface area contributed by atoms with Crippen molar-refractivity contribution in [2.75, 3.05) is 25.1 Å². The Hall–Kier alpha value is -1.64. The molecule has 3 heterocycles. The van der Waals surface area contributed by atoms with Gasteiger partial charge in [-0.15, -0.1) is 12.4 Å². The Morgan fingerprint density at radius 2 is 2.35 bits per heavy atom. The van der Waals surface area contributed by atoms with Crippen LogP contribution in [0.2, 0.25) is 0 Å². The van der Waals surface area contributed by atoms with Crippen molar-refractivity contribution in [2.24, 2.45) is 7.05 Å². The molecule has 1 unspecified atom stereocenters. The molecule has 0 spiro atoms. The number of anilines is 1. The Morgan fingerprint density at radius 1 is 1.55 bits per heavy atom. The van der Waals surface area contributed by atoms with Crippen molar-refractivity contribution in [1.29, 1.82) is 0 Å². The zero-order valence-electron chi connectivity index (χ0n) is 11.3. The zero-order chi connectivity index (χ0) is 13.4. The number of H-pyrrole nitrogens is 1. The minimum atomic E-state index is -0.330. The van der Waals surface area contributed by atoms with Gasteiger partial charge in [-0.25, -0.2) is 4.68 Å². The topological polar surface area (TPSA) is 96.9 Å². The normalized spacial score (nSPS) is 18.8. The number of carbonyl (C=O) groups excluding carboxylic acids is 1. The average molecular weight is 301 g/mol. The minimum Gasteiger partial charge on any atom is -0.378 e. The fourth-order valence-corrected chi connectivity index (χ4v) is 2.27. The van der Waals surface area contributed by atoms with Crippen LogP contribution in [-0.2, 0) is 16.6 Å². The molecule has 1 aliphatic rings. The van der Waals surface area contributed by atoms with E-state index in [0.29, 0.717) is 25.6 Å². The zero-order valence-corrected chi connectivity index (χ0v) is 12.1. The molecule has 1 atom stereocenters. The minimum absolute atomic E-state index is 0. The second-order valence-electron chi connectivity index (χ2n) is 4.58. The molecule has 2 aromatic heterocycles. The lowest BCUT2D eigenvalue weighted by molar-refractivity contribution is -0.120. The summed E-state index contributed by atoms with van der Waals surface area (Å²) in [7, 11) is 1.82. The molecule has 2 aromatic rings. The molecule has 20 heavy (non-hydrogen) atoms. The fourth-order valence-electron chi connectivity index (χ4n) is 2.27. The number of ether oxygens (including phenoxy) is 1. The van der Waals surface area contributed by atoms with Crippen LogP contribution in [0.3, 0.4) is 0 Å². The van der Waals surface area contributed by atoms with E-state index in [1.165, 1.54) is 0 Å². The van der Waals surface area contributed by atoms with Crippen LogP contribution in [0.1, 0.15) is 5.69 Å². The first kappa shape index (κ1) is 14.8. The van der Waals surface area contributed by atoms with Crippen LogP contribution in [0, 0.1) is 6.92 Å². The molecule has 1 fully saturated rings. The molecule has 0 radical (unpaired) electrons. The summed E-state index contributed by atoms with van der Waals surface area (Å²) in [6, 6.07) is -0.330. The monoisotopic (exact) mass is 300 g/mol. The summed E-state index contributed by atoms with van der Waals surface area (Å²) in [5, 5.41) is 18.0. The van der Waals surface area contributed by atoms with E-state index >= 15 is 0 Å². The third kappa shape index (κ3) is 2.49. The number of aromatic amines is 1. The fraction of sp³-hybridized carbons (Fsp3) is 0.545. The number of carbonyl (C=O) groups is 1. The Labute approximate surface area is 121 Å². The van der Waals surface area contributed by atoms with Crippen molar-refractivity contribution in [3.05, 3.63) is 5.69 Å². The van der Waals surface area contributed by atoms with E-state index in [1.54, 1.807) is 4.68 Å². The predicted octanol–water partition coefficient (Wildman–Crippen LogP) is -0.0465. The van der Waals surface area contributed by atoms with E-state index < -0.39 is 0 Å². The highest BCUT2D eigenvalue weighted by Crippen LogP contribution is 2.23. The standard InChI is InChI=1S/C11H16N6O2.ClH/c1-6-8-9(14-15-10(8)17(2)16-6)13-11(18)7-5-19-4-3-12-7;/h7,12H,3-5H2,1-2H3,(H2,13,14,15,18);1H. The van der Waals surface area contributed by atoms with E-state index in [0.717, 1.165) is 16.7 Å². The Bertz CT molecular complexity index is 616. The third-order valence-corrected chi connectivity index (χ3v) is 3.20. The molecule has 0 aromatic carbocycles. The van der Waals surface area contributed by atoms with Crippen molar-refractivity contribution < 1.29 is 9.53 Å². The van der Waals surface area contributed by atoms with Crippen LogP contribution < -0.4 is 10.6 Å². The van der Waals surface area contributed by atoms with E-state index in [4.69, 9.17) is 4.74 Å². The van der Waals surface area contributed by atoms with Crippen LogP contribution in [0.5, 0.6) is 0 Å². The van der Waals surface area contributed by atoms with Crippen LogP contribution >= 0.6 is 12.4 Å². The van der Waals surface area contributed by atoms with Crippen LogP contribution in [0.15, 0.2) is 0 Å². The van der Waals surface area contributed by atoms with Gasteiger partial charge in [0.2, 0.25) is 5.91 Å². The smallest absolute Gasteiger partial charge is 0.245 e. The number of rotatable bonds is 2. The summed E-state index contributed by atoms with van der Waals surface area (Å²) in [5.41, 5.74) is 1.55. The summed E-state index contributed by atoms with van der Waals surface area (Å²) in [6.07, 6.45) is 0.